The fraction of sp³-hybridized carbons (Fsp3) is 0.400. The van der Waals surface area contributed by atoms with Gasteiger partial charge in [-0.2, -0.15) is 0 Å². The zero-order valence-corrected chi connectivity index (χ0v) is 15.8. The lowest BCUT2D eigenvalue weighted by molar-refractivity contribution is 0.325. The molecule has 0 saturated carbocycles. The van der Waals surface area contributed by atoms with Crippen molar-refractivity contribution < 1.29 is 4.74 Å². The molecule has 3 rings (SSSR count). The Morgan fingerprint density at radius 3 is 2.81 bits per heavy atom. The first-order valence-corrected chi connectivity index (χ1v) is 9.07. The summed E-state index contributed by atoms with van der Waals surface area (Å²) in [6.45, 7) is 4.43. The summed E-state index contributed by atoms with van der Waals surface area (Å²) in [7, 11) is 4.13. The summed E-state index contributed by atoms with van der Waals surface area (Å²) in [5, 5.41) is 0. The summed E-state index contributed by atoms with van der Waals surface area (Å²) in [6.07, 6.45) is 9.51. The van der Waals surface area contributed by atoms with Crippen LogP contribution >= 0.6 is 0 Å². The van der Waals surface area contributed by atoms with E-state index in [0.29, 0.717) is 6.61 Å². The van der Waals surface area contributed by atoms with Gasteiger partial charge in [0.1, 0.15) is 17.4 Å². The number of hydrogen-bond acceptors (Lipinski definition) is 4. The van der Waals surface area contributed by atoms with Gasteiger partial charge in [0.05, 0.1) is 6.61 Å². The van der Waals surface area contributed by atoms with Crippen molar-refractivity contribution in [3.63, 3.8) is 0 Å². The Kier molecular flexibility index (Phi) is 6.07. The van der Waals surface area contributed by atoms with Crippen LogP contribution in [0.25, 0.3) is 11.4 Å². The van der Waals surface area contributed by atoms with Crippen molar-refractivity contribution >= 4 is 0 Å². The van der Waals surface area contributed by atoms with E-state index in [4.69, 9.17) is 4.74 Å². The van der Waals surface area contributed by atoms with E-state index < -0.39 is 0 Å². The number of aromatic amines is 1. The highest BCUT2D eigenvalue weighted by Gasteiger charge is 2.11. The van der Waals surface area contributed by atoms with Crippen LogP contribution in [0.1, 0.15) is 24.7 Å². The lowest BCUT2D eigenvalue weighted by Gasteiger charge is -2.16. The molecule has 6 nitrogen and oxygen atoms in total. The number of aryl methyl sites for hydroxylation is 2. The van der Waals surface area contributed by atoms with E-state index >= 15 is 0 Å². The topological polar surface area (TPSA) is 59.0 Å². The molecule has 0 spiro atoms. The van der Waals surface area contributed by atoms with Gasteiger partial charge < -0.3 is 19.2 Å². The Balaban J connectivity index is 1.77. The van der Waals surface area contributed by atoms with Crippen LogP contribution in [-0.4, -0.2) is 45.1 Å². The van der Waals surface area contributed by atoms with Crippen molar-refractivity contribution in [3.05, 3.63) is 54.4 Å². The maximum Gasteiger partial charge on any atom is 0.139 e. The van der Waals surface area contributed by atoms with Crippen LogP contribution in [0.15, 0.2) is 43.0 Å². The monoisotopic (exact) mass is 353 g/mol. The highest BCUT2D eigenvalue weighted by molar-refractivity contribution is 5.59. The second-order valence-electron chi connectivity index (χ2n) is 6.58. The first-order chi connectivity index (χ1) is 12.7. The summed E-state index contributed by atoms with van der Waals surface area (Å²) >= 11 is 0. The fourth-order valence-corrected chi connectivity index (χ4v) is 3.08. The normalized spacial score (nSPS) is 11.2. The molecule has 0 aliphatic rings. The van der Waals surface area contributed by atoms with Gasteiger partial charge >= 0.3 is 0 Å². The molecular weight excluding hydrogens is 326 g/mol. The molecule has 6 heteroatoms. The van der Waals surface area contributed by atoms with Crippen LogP contribution in [0.3, 0.4) is 0 Å². The minimum atomic E-state index is 0.668. The first kappa shape index (κ1) is 18.2. The third-order valence-electron chi connectivity index (χ3n) is 4.19. The first-order valence-electron chi connectivity index (χ1n) is 9.07. The number of imidazole rings is 2. The van der Waals surface area contributed by atoms with E-state index in [-0.39, 0.29) is 0 Å². The maximum absolute atomic E-state index is 5.78. The predicted molar refractivity (Wildman–Crippen MR) is 103 cm³/mol. The molecule has 2 aromatic heterocycles. The Labute approximate surface area is 154 Å². The summed E-state index contributed by atoms with van der Waals surface area (Å²) in [5.41, 5.74) is 2.30. The SMILES string of the molecule is CCOc1ccc(-c2nccn2CCCc2ncc[nH]2)cc1CN(C)C. The van der Waals surface area contributed by atoms with Gasteiger partial charge in [-0.25, -0.2) is 9.97 Å². The molecule has 26 heavy (non-hydrogen) atoms. The fourth-order valence-electron chi connectivity index (χ4n) is 3.08. The van der Waals surface area contributed by atoms with Gasteiger partial charge in [-0.15, -0.1) is 0 Å². The number of aromatic nitrogens is 4. The van der Waals surface area contributed by atoms with Gasteiger partial charge in [-0.1, -0.05) is 0 Å². The van der Waals surface area contributed by atoms with Gasteiger partial charge in [0, 0.05) is 55.4 Å². The number of nitrogens with zero attached hydrogens (tertiary/aromatic N) is 4. The van der Waals surface area contributed by atoms with Gasteiger partial charge in [0.15, 0.2) is 0 Å². The molecule has 1 N–H and O–H groups in total. The molecule has 0 bridgehead atoms. The van der Waals surface area contributed by atoms with Crippen LogP contribution in [-0.2, 0) is 19.5 Å². The number of hydrogen-bond donors (Lipinski definition) is 1. The van der Waals surface area contributed by atoms with Gasteiger partial charge in [-0.05, 0) is 45.6 Å². The Bertz CT molecular complexity index is 807. The molecule has 0 aliphatic carbocycles. The number of ether oxygens (including phenoxy) is 1. The summed E-state index contributed by atoms with van der Waals surface area (Å²) in [4.78, 5) is 14.2. The third-order valence-corrected chi connectivity index (χ3v) is 4.19. The zero-order valence-electron chi connectivity index (χ0n) is 15.8. The minimum absolute atomic E-state index is 0.668. The average Bonchev–Trinajstić information content (AvgIpc) is 3.28. The number of benzene rings is 1. The zero-order chi connectivity index (χ0) is 18.4. The van der Waals surface area contributed by atoms with Gasteiger partial charge in [0.2, 0.25) is 0 Å². The quantitative estimate of drug-likeness (QED) is 0.641. The highest BCUT2D eigenvalue weighted by atomic mass is 16.5. The second-order valence-corrected chi connectivity index (χ2v) is 6.58. The molecule has 1 aromatic carbocycles. The molecule has 138 valence electrons. The second kappa shape index (κ2) is 8.67. The van der Waals surface area contributed by atoms with E-state index in [1.165, 1.54) is 5.56 Å². The molecule has 0 unspecified atom stereocenters. The summed E-state index contributed by atoms with van der Waals surface area (Å²) in [6, 6.07) is 6.34. The van der Waals surface area contributed by atoms with Gasteiger partial charge in [-0.3, -0.25) is 0 Å². The van der Waals surface area contributed by atoms with Crippen molar-refractivity contribution in [2.75, 3.05) is 20.7 Å². The van der Waals surface area contributed by atoms with E-state index in [9.17, 15) is 0 Å². The van der Waals surface area contributed by atoms with E-state index in [1.54, 1.807) is 6.20 Å². The average molecular weight is 353 g/mol. The maximum atomic E-state index is 5.78. The highest BCUT2D eigenvalue weighted by Crippen LogP contribution is 2.27. The number of H-pyrrole nitrogens is 1. The lowest BCUT2D eigenvalue weighted by atomic mass is 10.1. The van der Waals surface area contributed by atoms with E-state index in [0.717, 1.165) is 48.9 Å². The van der Waals surface area contributed by atoms with E-state index in [1.807, 2.05) is 25.5 Å². The molecule has 2 heterocycles. The number of rotatable bonds is 9. The lowest BCUT2D eigenvalue weighted by Crippen LogP contribution is -2.12. The van der Waals surface area contributed by atoms with Crippen LogP contribution < -0.4 is 4.74 Å². The minimum Gasteiger partial charge on any atom is -0.494 e. The van der Waals surface area contributed by atoms with Crippen LogP contribution in [0.2, 0.25) is 0 Å². The van der Waals surface area contributed by atoms with Gasteiger partial charge in [0.25, 0.3) is 0 Å². The van der Waals surface area contributed by atoms with Crippen molar-refractivity contribution in [1.29, 1.82) is 0 Å². The van der Waals surface area contributed by atoms with Crippen LogP contribution in [0, 0.1) is 0 Å². The van der Waals surface area contributed by atoms with Crippen molar-refractivity contribution in [1.82, 2.24) is 24.4 Å². The smallest absolute Gasteiger partial charge is 0.139 e. The van der Waals surface area contributed by atoms with Crippen LogP contribution in [0.5, 0.6) is 5.75 Å². The van der Waals surface area contributed by atoms with Crippen molar-refractivity contribution in [3.8, 4) is 17.1 Å². The van der Waals surface area contributed by atoms with E-state index in [2.05, 4.69) is 56.7 Å². The Morgan fingerprint density at radius 2 is 2.08 bits per heavy atom. The summed E-state index contributed by atoms with van der Waals surface area (Å²) in [5.74, 6) is 2.97. The molecule has 0 saturated heterocycles. The van der Waals surface area contributed by atoms with Crippen molar-refractivity contribution in [2.45, 2.75) is 32.9 Å². The molecule has 0 amide bonds. The molecule has 3 aromatic rings. The molecule has 0 atom stereocenters. The molecule has 0 radical (unpaired) electrons. The molecular formula is C20H27N5O. The third kappa shape index (κ3) is 4.52. The standard InChI is InChI=1S/C20H27N5O/c1-4-26-18-8-7-16(14-17(18)15-24(2)3)20-23-11-13-25(20)12-5-6-19-21-9-10-22-19/h7-11,13-14H,4-6,12,15H2,1-3H3,(H,21,22). The molecule has 0 fully saturated rings. The molecule has 0 aliphatic heterocycles. The Hall–Kier alpha value is -2.60. The van der Waals surface area contributed by atoms with Crippen LogP contribution in [0.4, 0.5) is 0 Å². The van der Waals surface area contributed by atoms with Crippen molar-refractivity contribution in [2.24, 2.45) is 0 Å². The largest absolute Gasteiger partial charge is 0.494 e. The predicted octanol–water partition coefficient (Wildman–Crippen LogP) is 3.37. The summed E-state index contributed by atoms with van der Waals surface area (Å²) < 4.78 is 7.99. The number of nitrogens with one attached hydrogen (secondary N) is 1. The Morgan fingerprint density at radius 1 is 1.19 bits per heavy atom.